The normalized spacial score (nSPS) is 10.2. The van der Waals surface area contributed by atoms with Gasteiger partial charge in [0.25, 0.3) is 0 Å². The summed E-state index contributed by atoms with van der Waals surface area (Å²) in [6.45, 7) is 3.53. The Morgan fingerprint density at radius 2 is 2.23 bits per heavy atom. The summed E-state index contributed by atoms with van der Waals surface area (Å²) in [5.41, 5.74) is 1.02. The molecule has 1 rings (SSSR count). The van der Waals surface area contributed by atoms with Crippen LogP contribution in [0.25, 0.3) is 0 Å². The van der Waals surface area contributed by atoms with Gasteiger partial charge in [0.15, 0.2) is 0 Å². The predicted molar refractivity (Wildman–Crippen MR) is 52.7 cm³/mol. The summed E-state index contributed by atoms with van der Waals surface area (Å²) in [6, 6.07) is 7.17. The first-order valence-electron chi connectivity index (χ1n) is 4.68. The average Bonchev–Trinajstić information content (AvgIpc) is 2.13. The minimum atomic E-state index is 0.302. The number of rotatable bonds is 5. The zero-order valence-corrected chi connectivity index (χ0v) is 7.99. The summed E-state index contributed by atoms with van der Waals surface area (Å²) in [4.78, 5) is 0. The number of phenols is 1. The lowest BCUT2D eigenvalue weighted by atomic mass is 10.2. The molecule has 0 saturated carbocycles. The number of aromatic hydroxyl groups is 1. The Labute approximate surface area is 79.2 Å². The van der Waals surface area contributed by atoms with E-state index in [9.17, 15) is 0 Å². The average molecular weight is 180 g/mol. The van der Waals surface area contributed by atoms with E-state index in [1.165, 1.54) is 0 Å². The van der Waals surface area contributed by atoms with Gasteiger partial charge in [-0.2, -0.15) is 0 Å². The Kier molecular flexibility index (Phi) is 4.33. The molecule has 0 aromatic heterocycles. The highest BCUT2D eigenvalue weighted by Gasteiger charge is 1.93. The van der Waals surface area contributed by atoms with Gasteiger partial charge in [-0.25, -0.2) is 0 Å². The fourth-order valence-corrected chi connectivity index (χ4v) is 1.08. The van der Waals surface area contributed by atoms with E-state index in [2.05, 4.69) is 6.92 Å². The second-order valence-electron chi connectivity index (χ2n) is 3.08. The number of phenolic OH excluding ortho intramolecular Hbond substituents is 1. The summed E-state index contributed by atoms with van der Waals surface area (Å²) >= 11 is 0. The minimum Gasteiger partial charge on any atom is -0.508 e. The first kappa shape index (κ1) is 10.1. The lowest BCUT2D eigenvalue weighted by molar-refractivity contribution is 0.118. The second-order valence-corrected chi connectivity index (χ2v) is 3.08. The van der Waals surface area contributed by atoms with Crippen molar-refractivity contribution in [1.82, 2.24) is 0 Å². The molecule has 2 nitrogen and oxygen atoms in total. The van der Waals surface area contributed by atoms with Gasteiger partial charge in [-0.05, 0) is 24.1 Å². The third-order valence-corrected chi connectivity index (χ3v) is 1.82. The first-order valence-corrected chi connectivity index (χ1v) is 4.68. The SMILES string of the molecule is CCCCOCc1cccc(O)c1. The summed E-state index contributed by atoms with van der Waals surface area (Å²) in [5.74, 6) is 0.302. The van der Waals surface area contributed by atoms with Gasteiger partial charge in [-0.3, -0.25) is 0 Å². The van der Waals surface area contributed by atoms with Crippen LogP contribution < -0.4 is 0 Å². The van der Waals surface area contributed by atoms with Gasteiger partial charge in [0.05, 0.1) is 6.61 Å². The van der Waals surface area contributed by atoms with Crippen LogP contribution in [0.2, 0.25) is 0 Å². The van der Waals surface area contributed by atoms with Crippen LogP contribution in [0.1, 0.15) is 25.3 Å². The highest BCUT2D eigenvalue weighted by Crippen LogP contribution is 2.11. The molecule has 0 bridgehead atoms. The fourth-order valence-electron chi connectivity index (χ4n) is 1.08. The summed E-state index contributed by atoms with van der Waals surface area (Å²) in [5, 5.41) is 9.16. The van der Waals surface area contributed by atoms with Crippen molar-refractivity contribution in [1.29, 1.82) is 0 Å². The molecule has 0 saturated heterocycles. The zero-order valence-electron chi connectivity index (χ0n) is 7.99. The van der Waals surface area contributed by atoms with Crippen LogP contribution in [0.3, 0.4) is 0 Å². The molecule has 1 aromatic rings. The van der Waals surface area contributed by atoms with Gasteiger partial charge in [-0.15, -0.1) is 0 Å². The molecule has 0 spiro atoms. The predicted octanol–water partition coefficient (Wildman–Crippen LogP) is 2.71. The Hall–Kier alpha value is -1.02. The Balaban J connectivity index is 2.28. The van der Waals surface area contributed by atoms with Crippen molar-refractivity contribution in [2.75, 3.05) is 6.61 Å². The van der Waals surface area contributed by atoms with Crippen molar-refractivity contribution in [2.45, 2.75) is 26.4 Å². The van der Waals surface area contributed by atoms with Crippen molar-refractivity contribution >= 4 is 0 Å². The molecule has 2 heteroatoms. The lowest BCUT2D eigenvalue weighted by Gasteiger charge is -2.03. The molecular weight excluding hydrogens is 164 g/mol. The van der Waals surface area contributed by atoms with Crippen molar-refractivity contribution in [3.05, 3.63) is 29.8 Å². The summed E-state index contributed by atoms with van der Waals surface area (Å²) in [7, 11) is 0. The number of ether oxygens (including phenoxy) is 1. The summed E-state index contributed by atoms with van der Waals surface area (Å²) in [6.07, 6.45) is 2.25. The van der Waals surface area contributed by atoms with Crippen molar-refractivity contribution < 1.29 is 9.84 Å². The Morgan fingerprint density at radius 1 is 1.38 bits per heavy atom. The molecule has 0 amide bonds. The van der Waals surface area contributed by atoms with Crippen LogP contribution in [0.15, 0.2) is 24.3 Å². The molecule has 0 heterocycles. The molecular formula is C11H16O2. The summed E-state index contributed by atoms with van der Waals surface area (Å²) < 4.78 is 5.40. The molecule has 0 radical (unpaired) electrons. The number of unbranched alkanes of at least 4 members (excludes halogenated alkanes) is 1. The minimum absolute atomic E-state index is 0.302. The van der Waals surface area contributed by atoms with Crippen LogP contribution in [0.4, 0.5) is 0 Å². The van der Waals surface area contributed by atoms with E-state index in [0.717, 1.165) is 25.0 Å². The maximum atomic E-state index is 9.16. The van der Waals surface area contributed by atoms with Crippen LogP contribution in [0.5, 0.6) is 5.75 Å². The number of hydrogen-bond donors (Lipinski definition) is 1. The van der Waals surface area contributed by atoms with E-state index in [4.69, 9.17) is 9.84 Å². The van der Waals surface area contributed by atoms with E-state index >= 15 is 0 Å². The maximum absolute atomic E-state index is 9.16. The molecule has 1 N–H and O–H groups in total. The Morgan fingerprint density at radius 3 is 2.92 bits per heavy atom. The van der Waals surface area contributed by atoms with Gasteiger partial charge in [0, 0.05) is 6.61 Å². The van der Waals surface area contributed by atoms with E-state index < -0.39 is 0 Å². The fraction of sp³-hybridized carbons (Fsp3) is 0.455. The molecule has 72 valence electrons. The number of hydrogen-bond acceptors (Lipinski definition) is 2. The smallest absolute Gasteiger partial charge is 0.115 e. The largest absolute Gasteiger partial charge is 0.508 e. The standard InChI is InChI=1S/C11H16O2/c1-2-3-7-13-9-10-5-4-6-11(12)8-10/h4-6,8,12H,2-3,7,9H2,1H3. The van der Waals surface area contributed by atoms with Crippen molar-refractivity contribution in [3.8, 4) is 5.75 Å². The maximum Gasteiger partial charge on any atom is 0.115 e. The lowest BCUT2D eigenvalue weighted by Crippen LogP contribution is -1.94. The topological polar surface area (TPSA) is 29.5 Å². The molecule has 0 aliphatic rings. The van der Waals surface area contributed by atoms with E-state index in [1.54, 1.807) is 12.1 Å². The van der Waals surface area contributed by atoms with Gasteiger partial charge in [-0.1, -0.05) is 25.5 Å². The molecule has 0 aliphatic heterocycles. The van der Waals surface area contributed by atoms with Gasteiger partial charge >= 0.3 is 0 Å². The van der Waals surface area contributed by atoms with Gasteiger partial charge < -0.3 is 9.84 Å². The zero-order chi connectivity index (χ0) is 9.52. The van der Waals surface area contributed by atoms with E-state index in [0.29, 0.717) is 12.4 Å². The van der Waals surface area contributed by atoms with Crippen LogP contribution >= 0.6 is 0 Å². The van der Waals surface area contributed by atoms with E-state index in [1.807, 2.05) is 12.1 Å². The third kappa shape index (κ3) is 3.95. The van der Waals surface area contributed by atoms with E-state index in [-0.39, 0.29) is 0 Å². The van der Waals surface area contributed by atoms with Crippen molar-refractivity contribution in [3.63, 3.8) is 0 Å². The van der Waals surface area contributed by atoms with Gasteiger partial charge in [0.1, 0.15) is 5.75 Å². The monoisotopic (exact) mass is 180 g/mol. The highest BCUT2D eigenvalue weighted by molar-refractivity contribution is 5.26. The Bertz CT molecular complexity index is 246. The first-order chi connectivity index (χ1) is 6.33. The molecule has 0 atom stereocenters. The number of benzene rings is 1. The van der Waals surface area contributed by atoms with Crippen LogP contribution in [-0.4, -0.2) is 11.7 Å². The molecule has 0 aliphatic carbocycles. The van der Waals surface area contributed by atoms with Crippen LogP contribution in [-0.2, 0) is 11.3 Å². The molecule has 13 heavy (non-hydrogen) atoms. The molecule has 1 aromatic carbocycles. The second kappa shape index (κ2) is 5.60. The van der Waals surface area contributed by atoms with Crippen molar-refractivity contribution in [2.24, 2.45) is 0 Å². The highest BCUT2D eigenvalue weighted by atomic mass is 16.5. The van der Waals surface area contributed by atoms with Crippen LogP contribution in [0, 0.1) is 0 Å². The third-order valence-electron chi connectivity index (χ3n) is 1.82. The molecule has 0 fully saturated rings. The quantitative estimate of drug-likeness (QED) is 0.706. The molecule has 0 unspecified atom stereocenters. The van der Waals surface area contributed by atoms with Gasteiger partial charge in [0.2, 0.25) is 0 Å².